The number of rotatable bonds is 1. The second kappa shape index (κ2) is 5.35. The molecule has 0 aliphatic carbocycles. The molecule has 0 saturated carbocycles. The van der Waals surface area contributed by atoms with Crippen LogP contribution in [0.2, 0.25) is 5.02 Å². The van der Waals surface area contributed by atoms with Gasteiger partial charge in [-0.05, 0) is 32.0 Å². The van der Waals surface area contributed by atoms with Gasteiger partial charge >= 0.3 is 0 Å². The maximum absolute atomic E-state index is 12.5. The third-order valence-electron chi connectivity index (χ3n) is 2.89. The van der Waals surface area contributed by atoms with E-state index in [2.05, 4.69) is 26.5 Å². The maximum atomic E-state index is 12.5. The highest BCUT2D eigenvalue weighted by molar-refractivity contribution is 8.00. The molecule has 98 valence electrons. The van der Waals surface area contributed by atoms with Crippen molar-refractivity contribution in [3.05, 3.63) is 28.8 Å². The SMILES string of the molecule is CC1(C)CN(C(=O)c2cc(S)ccc2Cl)CCS1. The maximum Gasteiger partial charge on any atom is 0.255 e. The van der Waals surface area contributed by atoms with E-state index >= 15 is 0 Å². The van der Waals surface area contributed by atoms with Crippen LogP contribution in [-0.2, 0) is 0 Å². The summed E-state index contributed by atoms with van der Waals surface area (Å²) in [5.74, 6) is 0.973. The van der Waals surface area contributed by atoms with Crippen molar-refractivity contribution in [3.8, 4) is 0 Å². The van der Waals surface area contributed by atoms with Gasteiger partial charge in [0.1, 0.15) is 0 Å². The van der Waals surface area contributed by atoms with E-state index in [-0.39, 0.29) is 10.7 Å². The van der Waals surface area contributed by atoms with Crippen LogP contribution in [0.1, 0.15) is 24.2 Å². The molecule has 0 N–H and O–H groups in total. The van der Waals surface area contributed by atoms with E-state index in [0.29, 0.717) is 10.6 Å². The van der Waals surface area contributed by atoms with E-state index in [0.717, 1.165) is 23.7 Å². The lowest BCUT2D eigenvalue weighted by Crippen LogP contribution is -2.46. The molecule has 0 aromatic heterocycles. The zero-order chi connectivity index (χ0) is 13.3. The Morgan fingerprint density at radius 2 is 2.22 bits per heavy atom. The fraction of sp³-hybridized carbons (Fsp3) is 0.462. The van der Waals surface area contributed by atoms with Crippen LogP contribution < -0.4 is 0 Å². The molecule has 18 heavy (non-hydrogen) atoms. The summed E-state index contributed by atoms with van der Waals surface area (Å²) in [6, 6.07) is 5.25. The minimum atomic E-state index is 0.00396. The molecule has 1 amide bonds. The van der Waals surface area contributed by atoms with Gasteiger partial charge < -0.3 is 4.90 Å². The second-order valence-corrected chi connectivity index (χ2v) is 7.72. The smallest absolute Gasteiger partial charge is 0.255 e. The van der Waals surface area contributed by atoms with Crippen LogP contribution >= 0.6 is 36.0 Å². The van der Waals surface area contributed by atoms with Gasteiger partial charge in [-0.25, -0.2) is 0 Å². The highest BCUT2D eigenvalue weighted by Gasteiger charge is 2.30. The molecule has 1 heterocycles. The lowest BCUT2D eigenvalue weighted by molar-refractivity contribution is 0.0748. The number of amides is 1. The first-order valence-corrected chi connectivity index (χ1v) is 7.62. The summed E-state index contributed by atoms with van der Waals surface area (Å²) in [7, 11) is 0. The van der Waals surface area contributed by atoms with Gasteiger partial charge in [-0.3, -0.25) is 4.79 Å². The van der Waals surface area contributed by atoms with E-state index < -0.39 is 0 Å². The van der Waals surface area contributed by atoms with E-state index in [4.69, 9.17) is 11.6 Å². The quantitative estimate of drug-likeness (QED) is 0.800. The molecule has 1 aliphatic rings. The number of carbonyl (C=O) groups excluding carboxylic acids is 1. The van der Waals surface area contributed by atoms with Gasteiger partial charge in [-0.15, -0.1) is 12.6 Å². The van der Waals surface area contributed by atoms with Gasteiger partial charge in [-0.2, -0.15) is 11.8 Å². The lowest BCUT2D eigenvalue weighted by Gasteiger charge is -2.37. The Bertz CT molecular complexity index is 476. The van der Waals surface area contributed by atoms with Gasteiger partial charge in [0.05, 0.1) is 10.6 Å². The number of carbonyl (C=O) groups is 1. The Balaban J connectivity index is 2.23. The average molecular weight is 302 g/mol. The van der Waals surface area contributed by atoms with E-state index in [1.165, 1.54) is 0 Å². The number of hydrogen-bond donors (Lipinski definition) is 1. The van der Waals surface area contributed by atoms with Crippen LogP contribution in [0.3, 0.4) is 0 Å². The highest BCUT2D eigenvalue weighted by Crippen LogP contribution is 2.31. The summed E-state index contributed by atoms with van der Waals surface area (Å²) < 4.78 is 0.110. The monoisotopic (exact) mass is 301 g/mol. The van der Waals surface area contributed by atoms with Crippen LogP contribution in [0.4, 0.5) is 0 Å². The second-order valence-electron chi connectivity index (χ2n) is 5.00. The van der Waals surface area contributed by atoms with Crippen LogP contribution in [0.15, 0.2) is 23.1 Å². The number of benzene rings is 1. The molecule has 0 unspecified atom stereocenters. The molecule has 1 fully saturated rings. The largest absolute Gasteiger partial charge is 0.336 e. The molecule has 0 bridgehead atoms. The first-order valence-electron chi connectivity index (χ1n) is 5.81. The molecule has 2 rings (SSSR count). The van der Waals surface area contributed by atoms with Crippen LogP contribution in [0.25, 0.3) is 0 Å². The van der Waals surface area contributed by atoms with Crippen LogP contribution in [-0.4, -0.2) is 34.4 Å². The average Bonchev–Trinajstić information content (AvgIpc) is 2.30. The lowest BCUT2D eigenvalue weighted by atomic mass is 10.1. The molecule has 0 radical (unpaired) electrons. The van der Waals surface area contributed by atoms with Crippen molar-refractivity contribution in [2.24, 2.45) is 0 Å². The predicted octanol–water partition coefficient (Wildman–Crippen LogP) is 3.60. The molecule has 1 aromatic carbocycles. The fourth-order valence-electron chi connectivity index (χ4n) is 2.04. The third-order valence-corrected chi connectivity index (χ3v) is 4.80. The van der Waals surface area contributed by atoms with Gasteiger partial charge in [0.15, 0.2) is 0 Å². The standard InChI is InChI=1S/C13H16ClNOS2/c1-13(2)8-15(5-6-18-13)12(16)10-7-9(17)3-4-11(10)14/h3-4,7,17H,5-6,8H2,1-2H3. The van der Waals surface area contributed by atoms with Crippen LogP contribution in [0.5, 0.6) is 0 Å². The molecular weight excluding hydrogens is 286 g/mol. The zero-order valence-corrected chi connectivity index (χ0v) is 12.9. The zero-order valence-electron chi connectivity index (χ0n) is 10.4. The van der Waals surface area contributed by atoms with Crippen molar-refractivity contribution in [3.63, 3.8) is 0 Å². The van der Waals surface area contributed by atoms with Gasteiger partial charge in [0.25, 0.3) is 5.91 Å². The van der Waals surface area contributed by atoms with Crippen molar-refractivity contribution in [1.82, 2.24) is 4.90 Å². The van der Waals surface area contributed by atoms with Crippen molar-refractivity contribution in [2.75, 3.05) is 18.8 Å². The van der Waals surface area contributed by atoms with Crippen molar-refractivity contribution < 1.29 is 4.79 Å². The fourth-order valence-corrected chi connectivity index (χ4v) is 3.55. The van der Waals surface area contributed by atoms with Crippen LogP contribution in [0, 0.1) is 0 Å². The minimum Gasteiger partial charge on any atom is -0.336 e. The summed E-state index contributed by atoms with van der Waals surface area (Å²) in [4.78, 5) is 15.1. The molecule has 1 aliphatic heterocycles. The Hall–Kier alpha value is -0.320. The normalized spacial score (nSPS) is 18.8. The third kappa shape index (κ3) is 3.16. The number of thioether (sulfide) groups is 1. The Kier molecular flexibility index (Phi) is 4.19. The van der Waals surface area contributed by atoms with Crippen molar-refractivity contribution in [1.29, 1.82) is 0 Å². The molecule has 0 atom stereocenters. The number of hydrogen-bond acceptors (Lipinski definition) is 3. The number of nitrogens with zero attached hydrogens (tertiary/aromatic N) is 1. The number of halogens is 1. The van der Waals surface area contributed by atoms with E-state index in [9.17, 15) is 4.79 Å². The summed E-state index contributed by atoms with van der Waals surface area (Å²) in [6.45, 7) is 5.85. The molecule has 1 aromatic rings. The minimum absolute atomic E-state index is 0.00396. The van der Waals surface area contributed by atoms with Crippen molar-refractivity contribution in [2.45, 2.75) is 23.5 Å². The molecule has 5 heteroatoms. The number of thiol groups is 1. The Morgan fingerprint density at radius 1 is 1.50 bits per heavy atom. The summed E-state index contributed by atoms with van der Waals surface area (Å²) in [5, 5.41) is 0.494. The van der Waals surface area contributed by atoms with Gasteiger partial charge in [0.2, 0.25) is 0 Å². The Morgan fingerprint density at radius 3 is 2.89 bits per heavy atom. The van der Waals surface area contributed by atoms with Gasteiger partial charge in [0, 0.05) is 28.5 Å². The molecule has 2 nitrogen and oxygen atoms in total. The van der Waals surface area contributed by atoms with Gasteiger partial charge in [-0.1, -0.05) is 11.6 Å². The van der Waals surface area contributed by atoms with E-state index in [1.54, 1.807) is 18.2 Å². The molecular formula is C13H16ClNOS2. The first kappa shape index (κ1) is 14.1. The first-order chi connectivity index (χ1) is 8.39. The van der Waals surface area contributed by atoms with Crippen molar-refractivity contribution >= 4 is 41.9 Å². The summed E-state index contributed by atoms with van der Waals surface area (Å²) >= 11 is 12.3. The summed E-state index contributed by atoms with van der Waals surface area (Å²) in [5.41, 5.74) is 0.548. The Labute approximate surface area is 122 Å². The highest BCUT2D eigenvalue weighted by atomic mass is 35.5. The topological polar surface area (TPSA) is 20.3 Å². The molecule has 1 saturated heterocycles. The molecule has 0 spiro atoms. The summed E-state index contributed by atoms with van der Waals surface area (Å²) in [6.07, 6.45) is 0. The predicted molar refractivity (Wildman–Crippen MR) is 81.1 cm³/mol. The van der Waals surface area contributed by atoms with E-state index in [1.807, 2.05) is 16.7 Å².